The Kier molecular flexibility index (Phi) is 2.15. The highest BCUT2D eigenvalue weighted by atomic mass is 19.1. The normalized spacial score (nSPS) is 15.9. The third kappa shape index (κ3) is 1.68. The lowest BCUT2D eigenvalue weighted by molar-refractivity contribution is 0.626. The van der Waals surface area contributed by atoms with Crippen LogP contribution in [-0.4, -0.2) is 0 Å². The number of fused-ring (bicyclic) bond motifs is 1. The van der Waals surface area contributed by atoms with Crippen LogP contribution in [0.15, 0.2) is 48.5 Å². The Bertz CT molecular complexity index is 630. The Morgan fingerprint density at radius 3 is 1.88 bits per heavy atom. The minimum absolute atomic E-state index is 0.128. The molecule has 0 bridgehead atoms. The molecule has 0 atom stereocenters. The summed E-state index contributed by atoms with van der Waals surface area (Å²) in [6.07, 6.45) is 4.46. The van der Waals surface area contributed by atoms with Gasteiger partial charge in [-0.15, -0.1) is 0 Å². The Morgan fingerprint density at radius 2 is 1.35 bits per heavy atom. The molecule has 0 radical (unpaired) electrons. The molecule has 0 aromatic heterocycles. The molecule has 0 amide bonds. The molecular weight excluding hydrogens is 211 g/mol. The second-order valence-electron chi connectivity index (χ2n) is 4.71. The lowest BCUT2D eigenvalue weighted by Gasteiger charge is -2.19. The second kappa shape index (κ2) is 3.56. The number of halogens is 1. The predicted octanol–water partition coefficient (Wildman–Crippen LogP) is 2.36. The van der Waals surface area contributed by atoms with Gasteiger partial charge in [0.15, 0.2) is 0 Å². The Balaban J connectivity index is 2.17. The topological polar surface area (TPSA) is 0 Å². The van der Waals surface area contributed by atoms with Crippen molar-refractivity contribution < 1.29 is 4.39 Å². The van der Waals surface area contributed by atoms with Crippen LogP contribution < -0.4 is 10.4 Å². The first-order chi connectivity index (χ1) is 8.17. The van der Waals surface area contributed by atoms with E-state index in [0.717, 1.165) is 5.56 Å². The van der Waals surface area contributed by atoms with E-state index in [-0.39, 0.29) is 11.2 Å². The van der Waals surface area contributed by atoms with Gasteiger partial charge in [0.2, 0.25) is 0 Å². The summed E-state index contributed by atoms with van der Waals surface area (Å²) in [5.41, 5.74) is 0.993. The van der Waals surface area contributed by atoms with Crippen molar-refractivity contribution in [2.45, 2.75) is 12.3 Å². The summed E-state index contributed by atoms with van der Waals surface area (Å²) < 4.78 is 12.9. The number of benzene rings is 2. The fraction of sp³-hybridized carbons (Fsp3) is 0.125. The fourth-order valence-electron chi connectivity index (χ4n) is 2.44. The molecule has 0 unspecified atom stereocenters. The summed E-state index contributed by atoms with van der Waals surface area (Å²) in [6, 6.07) is 15.1. The monoisotopic (exact) mass is 224 g/mol. The maximum Gasteiger partial charge on any atom is 0.123 e. The standard InChI is InChI=1S/C16H13F/c1-16(14-6-8-15(17)9-7-14)10-12-4-2-3-5-13(12)11-16/h2-11H,1H3. The molecule has 0 nitrogen and oxygen atoms in total. The molecule has 1 aliphatic carbocycles. The molecule has 0 aliphatic heterocycles. The summed E-state index contributed by atoms with van der Waals surface area (Å²) in [4.78, 5) is 0. The average Bonchev–Trinajstić information content (AvgIpc) is 2.67. The van der Waals surface area contributed by atoms with Crippen LogP contribution >= 0.6 is 0 Å². The molecule has 17 heavy (non-hydrogen) atoms. The molecule has 0 N–H and O–H groups in total. The van der Waals surface area contributed by atoms with Crippen molar-refractivity contribution >= 4 is 12.2 Å². The van der Waals surface area contributed by atoms with Crippen molar-refractivity contribution in [2.24, 2.45) is 0 Å². The molecule has 0 saturated heterocycles. The molecule has 2 aromatic carbocycles. The molecule has 0 spiro atoms. The molecule has 0 fully saturated rings. The zero-order valence-electron chi connectivity index (χ0n) is 9.65. The number of rotatable bonds is 1. The van der Waals surface area contributed by atoms with E-state index >= 15 is 0 Å². The van der Waals surface area contributed by atoms with Crippen molar-refractivity contribution in [1.82, 2.24) is 0 Å². The largest absolute Gasteiger partial charge is 0.207 e. The van der Waals surface area contributed by atoms with Gasteiger partial charge in [-0.05, 0) is 35.1 Å². The number of hydrogen-bond acceptors (Lipinski definition) is 0. The predicted molar refractivity (Wildman–Crippen MR) is 68.4 cm³/mol. The second-order valence-corrected chi connectivity index (χ2v) is 4.71. The highest BCUT2D eigenvalue weighted by Gasteiger charge is 2.23. The van der Waals surface area contributed by atoms with Crippen molar-refractivity contribution in [2.75, 3.05) is 0 Å². The highest BCUT2D eigenvalue weighted by molar-refractivity contribution is 5.66. The third-order valence-electron chi connectivity index (χ3n) is 3.37. The van der Waals surface area contributed by atoms with Crippen LogP contribution in [0.25, 0.3) is 12.2 Å². The van der Waals surface area contributed by atoms with Gasteiger partial charge < -0.3 is 0 Å². The van der Waals surface area contributed by atoms with Crippen molar-refractivity contribution in [3.8, 4) is 0 Å². The maximum atomic E-state index is 12.9. The van der Waals surface area contributed by atoms with Crippen LogP contribution in [0.1, 0.15) is 12.5 Å². The number of hydrogen-bond donors (Lipinski definition) is 0. The maximum absolute atomic E-state index is 12.9. The molecule has 0 saturated carbocycles. The first-order valence-corrected chi connectivity index (χ1v) is 5.74. The first-order valence-electron chi connectivity index (χ1n) is 5.74. The minimum atomic E-state index is -0.187. The van der Waals surface area contributed by atoms with Gasteiger partial charge in [0.05, 0.1) is 0 Å². The van der Waals surface area contributed by atoms with Crippen LogP contribution in [0, 0.1) is 5.82 Å². The van der Waals surface area contributed by atoms with Crippen molar-refractivity contribution in [1.29, 1.82) is 0 Å². The van der Waals surface area contributed by atoms with Gasteiger partial charge in [-0.25, -0.2) is 4.39 Å². The SMILES string of the molecule is CC1(c2ccc(F)cc2)C=c2ccccc2=C1. The zero-order valence-corrected chi connectivity index (χ0v) is 9.65. The quantitative estimate of drug-likeness (QED) is 0.697. The van der Waals surface area contributed by atoms with Crippen LogP contribution in [0.4, 0.5) is 4.39 Å². The third-order valence-corrected chi connectivity index (χ3v) is 3.37. The summed E-state index contributed by atoms with van der Waals surface area (Å²) in [6.45, 7) is 2.15. The van der Waals surface area contributed by atoms with Gasteiger partial charge in [0.25, 0.3) is 0 Å². The molecule has 1 heteroatoms. The Morgan fingerprint density at radius 1 is 0.824 bits per heavy atom. The lowest BCUT2D eigenvalue weighted by atomic mass is 9.84. The van der Waals surface area contributed by atoms with E-state index in [0.29, 0.717) is 0 Å². The van der Waals surface area contributed by atoms with Gasteiger partial charge in [-0.1, -0.05) is 48.6 Å². The summed E-state index contributed by atoms with van der Waals surface area (Å²) in [7, 11) is 0. The highest BCUT2D eigenvalue weighted by Crippen LogP contribution is 2.28. The molecule has 1 aliphatic rings. The van der Waals surface area contributed by atoms with E-state index in [1.54, 1.807) is 0 Å². The van der Waals surface area contributed by atoms with Crippen molar-refractivity contribution in [3.63, 3.8) is 0 Å². The van der Waals surface area contributed by atoms with Crippen LogP contribution in [0.2, 0.25) is 0 Å². The average molecular weight is 224 g/mol. The molecule has 2 aromatic rings. The zero-order chi connectivity index (χ0) is 11.9. The molecule has 0 heterocycles. The molecule has 84 valence electrons. The van der Waals surface area contributed by atoms with Gasteiger partial charge >= 0.3 is 0 Å². The molecular formula is C16H13F. The van der Waals surface area contributed by atoms with Gasteiger partial charge in [0, 0.05) is 5.41 Å². The van der Waals surface area contributed by atoms with Gasteiger partial charge in [0.1, 0.15) is 5.82 Å². The van der Waals surface area contributed by atoms with Gasteiger partial charge in [-0.2, -0.15) is 0 Å². The summed E-state index contributed by atoms with van der Waals surface area (Å²) >= 11 is 0. The van der Waals surface area contributed by atoms with E-state index in [4.69, 9.17) is 0 Å². The van der Waals surface area contributed by atoms with E-state index in [9.17, 15) is 4.39 Å². The molecule has 3 rings (SSSR count). The van der Waals surface area contributed by atoms with E-state index < -0.39 is 0 Å². The van der Waals surface area contributed by atoms with Gasteiger partial charge in [-0.3, -0.25) is 0 Å². The summed E-state index contributed by atoms with van der Waals surface area (Å²) in [5, 5.41) is 2.50. The van der Waals surface area contributed by atoms with Crippen LogP contribution in [0.3, 0.4) is 0 Å². The van der Waals surface area contributed by atoms with E-state index in [1.165, 1.54) is 22.6 Å². The smallest absolute Gasteiger partial charge is 0.123 e. The lowest BCUT2D eigenvalue weighted by Crippen LogP contribution is -2.19. The van der Waals surface area contributed by atoms with Crippen molar-refractivity contribution in [3.05, 3.63) is 70.3 Å². The van der Waals surface area contributed by atoms with Crippen LogP contribution in [0.5, 0.6) is 0 Å². The Labute approximate surface area is 99.7 Å². The summed E-state index contributed by atoms with van der Waals surface area (Å²) in [5.74, 6) is -0.187. The van der Waals surface area contributed by atoms with E-state index in [1.807, 2.05) is 24.3 Å². The van der Waals surface area contributed by atoms with E-state index in [2.05, 4.69) is 31.2 Å². The first kappa shape index (κ1) is 10.3. The minimum Gasteiger partial charge on any atom is -0.207 e. The fourth-order valence-corrected chi connectivity index (χ4v) is 2.44. The van der Waals surface area contributed by atoms with Crippen LogP contribution in [-0.2, 0) is 5.41 Å². The Hall–Kier alpha value is -1.89.